The number of nitrogens with zero attached hydrogens (tertiary/aromatic N) is 2. The van der Waals surface area contributed by atoms with E-state index in [4.69, 9.17) is 41.0 Å². The van der Waals surface area contributed by atoms with Crippen molar-refractivity contribution in [1.29, 1.82) is 0 Å². The molecule has 220 valence electrons. The molecule has 5 rings (SSSR count). The standard InChI is InChI=1S/C29H29ClN2O3S.C2H2O4/c1-31(2)35-25-14-11-21(19-24(25)30)28(33)27-23-7-3-4-8-26(23)36-29(27)20-9-12-22(13-10-20)34-18-17-32-15-5-6-16-32;3-1(4)2(5)6/h3-4,7-14,19H,5-6,15-18H2,1-2H3;(H,3,4)(H,5,6). The Morgan fingerprint density at radius 2 is 1.62 bits per heavy atom. The van der Waals surface area contributed by atoms with Crippen LogP contribution in [0.1, 0.15) is 28.8 Å². The number of ketones is 1. The van der Waals surface area contributed by atoms with E-state index < -0.39 is 11.9 Å². The molecule has 0 bridgehead atoms. The first-order chi connectivity index (χ1) is 20.1. The molecule has 4 aromatic rings. The molecule has 1 fully saturated rings. The van der Waals surface area contributed by atoms with Gasteiger partial charge < -0.3 is 19.8 Å². The van der Waals surface area contributed by atoms with Gasteiger partial charge in [0.1, 0.15) is 12.4 Å². The zero-order valence-corrected chi connectivity index (χ0v) is 24.8. The lowest BCUT2D eigenvalue weighted by molar-refractivity contribution is -0.159. The third kappa shape index (κ3) is 7.86. The van der Waals surface area contributed by atoms with Crippen LogP contribution in [-0.2, 0) is 9.59 Å². The molecular weight excluding hydrogens is 580 g/mol. The summed E-state index contributed by atoms with van der Waals surface area (Å²) in [7, 11) is 3.56. The highest BCUT2D eigenvalue weighted by molar-refractivity contribution is 7.22. The highest BCUT2D eigenvalue weighted by Crippen LogP contribution is 2.41. The minimum atomic E-state index is -1.82. The van der Waals surface area contributed by atoms with Gasteiger partial charge in [0, 0.05) is 46.7 Å². The van der Waals surface area contributed by atoms with Crippen LogP contribution in [0, 0.1) is 0 Å². The summed E-state index contributed by atoms with van der Waals surface area (Å²) in [4.78, 5) is 41.0. The largest absolute Gasteiger partial charge is 0.492 e. The van der Waals surface area contributed by atoms with E-state index in [0.29, 0.717) is 28.5 Å². The van der Waals surface area contributed by atoms with E-state index in [9.17, 15) is 4.79 Å². The van der Waals surface area contributed by atoms with E-state index in [1.165, 1.54) is 25.9 Å². The summed E-state index contributed by atoms with van der Waals surface area (Å²) < 4.78 is 7.05. The van der Waals surface area contributed by atoms with Crippen molar-refractivity contribution >= 4 is 50.7 Å². The number of hydroxylamine groups is 2. The van der Waals surface area contributed by atoms with E-state index in [1.807, 2.05) is 42.5 Å². The Balaban J connectivity index is 0.000000612. The summed E-state index contributed by atoms with van der Waals surface area (Å²) in [6, 6.07) is 21.2. The number of fused-ring (bicyclic) bond motifs is 1. The first-order valence-electron chi connectivity index (χ1n) is 13.3. The lowest BCUT2D eigenvalue weighted by Crippen LogP contribution is -2.25. The van der Waals surface area contributed by atoms with E-state index >= 15 is 0 Å². The number of likely N-dealkylation sites (tertiary alicyclic amines) is 1. The van der Waals surface area contributed by atoms with Gasteiger partial charge in [0.05, 0.1) is 5.02 Å². The average molecular weight is 611 g/mol. The fourth-order valence-corrected chi connectivity index (χ4v) is 5.95. The van der Waals surface area contributed by atoms with Gasteiger partial charge in [-0.1, -0.05) is 29.8 Å². The van der Waals surface area contributed by atoms with Gasteiger partial charge in [-0.05, 0) is 80.0 Å². The summed E-state index contributed by atoms with van der Waals surface area (Å²) >= 11 is 8.06. The number of halogens is 1. The smallest absolute Gasteiger partial charge is 0.414 e. The molecular formula is C31H31ClN2O7S. The van der Waals surface area contributed by atoms with E-state index in [-0.39, 0.29) is 5.78 Å². The minimum absolute atomic E-state index is 0.0632. The topological polar surface area (TPSA) is 117 Å². The second kappa shape index (κ2) is 14.3. The normalized spacial score (nSPS) is 13.0. The van der Waals surface area contributed by atoms with Crippen molar-refractivity contribution in [3.05, 3.63) is 82.9 Å². The van der Waals surface area contributed by atoms with Gasteiger partial charge in [0.15, 0.2) is 11.5 Å². The number of rotatable bonds is 9. The Morgan fingerprint density at radius 3 is 2.24 bits per heavy atom. The number of carboxylic acids is 2. The number of hydrogen-bond donors (Lipinski definition) is 2. The zero-order valence-electron chi connectivity index (χ0n) is 23.2. The summed E-state index contributed by atoms with van der Waals surface area (Å²) in [6.07, 6.45) is 2.57. The Labute approximate surface area is 252 Å². The molecule has 0 aliphatic carbocycles. The van der Waals surface area contributed by atoms with Crippen LogP contribution >= 0.6 is 22.9 Å². The predicted molar refractivity (Wildman–Crippen MR) is 163 cm³/mol. The van der Waals surface area contributed by atoms with Gasteiger partial charge >= 0.3 is 11.9 Å². The van der Waals surface area contributed by atoms with Crippen LogP contribution in [0.2, 0.25) is 5.02 Å². The van der Waals surface area contributed by atoms with Crippen molar-refractivity contribution in [2.75, 3.05) is 40.3 Å². The van der Waals surface area contributed by atoms with E-state index in [0.717, 1.165) is 32.8 Å². The molecule has 0 spiro atoms. The van der Waals surface area contributed by atoms with Gasteiger partial charge in [-0.3, -0.25) is 9.69 Å². The number of ether oxygens (including phenoxy) is 1. The third-order valence-electron chi connectivity index (χ3n) is 6.47. The van der Waals surface area contributed by atoms with Gasteiger partial charge in [-0.25, -0.2) is 9.59 Å². The zero-order chi connectivity index (χ0) is 30.2. The molecule has 0 radical (unpaired) electrons. The molecule has 1 aliphatic rings. The Kier molecular flexibility index (Phi) is 10.5. The van der Waals surface area contributed by atoms with Crippen LogP contribution < -0.4 is 9.57 Å². The number of thiophene rings is 1. The molecule has 0 saturated carbocycles. The second-order valence-corrected chi connectivity index (χ2v) is 11.2. The van der Waals surface area contributed by atoms with Crippen molar-refractivity contribution in [3.8, 4) is 21.9 Å². The van der Waals surface area contributed by atoms with Crippen LogP contribution in [0.4, 0.5) is 0 Å². The number of carbonyl (C=O) groups excluding carboxylic acids is 1. The lowest BCUT2D eigenvalue weighted by atomic mass is 9.97. The van der Waals surface area contributed by atoms with E-state index in [1.54, 1.807) is 48.7 Å². The van der Waals surface area contributed by atoms with Crippen molar-refractivity contribution in [2.45, 2.75) is 12.8 Å². The van der Waals surface area contributed by atoms with E-state index in [2.05, 4.69) is 11.0 Å². The lowest BCUT2D eigenvalue weighted by Gasteiger charge is -2.15. The molecule has 0 unspecified atom stereocenters. The molecule has 9 nitrogen and oxygen atoms in total. The molecule has 2 heterocycles. The summed E-state index contributed by atoms with van der Waals surface area (Å²) in [5.74, 6) is -2.36. The maximum Gasteiger partial charge on any atom is 0.414 e. The molecule has 42 heavy (non-hydrogen) atoms. The Morgan fingerprint density at radius 1 is 0.952 bits per heavy atom. The number of benzene rings is 3. The Bertz CT molecular complexity index is 1550. The van der Waals surface area contributed by atoms with Gasteiger partial charge in [-0.15, -0.1) is 11.3 Å². The molecule has 11 heteroatoms. The van der Waals surface area contributed by atoms with Crippen LogP contribution in [0.5, 0.6) is 11.5 Å². The summed E-state index contributed by atoms with van der Waals surface area (Å²) in [5.41, 5.74) is 2.21. The SMILES string of the molecule is CN(C)Oc1ccc(C(=O)c2c(-c3ccc(OCCN4CCCC4)cc3)sc3ccccc23)cc1Cl.O=C(O)C(=O)O. The molecule has 1 aromatic heterocycles. The van der Waals surface area contributed by atoms with Gasteiger partial charge in [0.25, 0.3) is 0 Å². The van der Waals surface area contributed by atoms with Crippen LogP contribution in [-0.4, -0.2) is 78.2 Å². The fraction of sp³-hybridized carbons (Fsp3) is 0.258. The number of carbonyl (C=O) groups is 3. The van der Waals surface area contributed by atoms with Crippen molar-refractivity contribution in [1.82, 2.24) is 9.96 Å². The Hall–Kier alpha value is -3.96. The van der Waals surface area contributed by atoms with Crippen LogP contribution in [0.15, 0.2) is 66.7 Å². The fourth-order valence-electron chi connectivity index (χ4n) is 4.53. The summed E-state index contributed by atoms with van der Waals surface area (Å²) in [6.45, 7) is 3.97. The highest BCUT2D eigenvalue weighted by Gasteiger charge is 2.22. The molecule has 0 amide bonds. The highest BCUT2D eigenvalue weighted by atomic mass is 35.5. The van der Waals surface area contributed by atoms with Crippen molar-refractivity contribution in [3.63, 3.8) is 0 Å². The van der Waals surface area contributed by atoms with Gasteiger partial charge in [0.2, 0.25) is 0 Å². The second-order valence-electron chi connectivity index (χ2n) is 9.71. The average Bonchev–Trinajstić information content (AvgIpc) is 3.62. The number of aliphatic carboxylic acids is 2. The van der Waals surface area contributed by atoms with Crippen LogP contribution in [0.3, 0.4) is 0 Å². The van der Waals surface area contributed by atoms with Crippen molar-refractivity contribution in [2.24, 2.45) is 0 Å². The monoisotopic (exact) mass is 610 g/mol. The van der Waals surface area contributed by atoms with Crippen molar-refractivity contribution < 1.29 is 34.2 Å². The van der Waals surface area contributed by atoms with Gasteiger partial charge in [-0.2, -0.15) is 5.06 Å². The van der Waals surface area contributed by atoms with Crippen LogP contribution in [0.25, 0.3) is 20.5 Å². The summed E-state index contributed by atoms with van der Waals surface area (Å²) in [5, 5.41) is 17.7. The molecule has 3 aromatic carbocycles. The number of hydrogen-bond acceptors (Lipinski definition) is 8. The quantitative estimate of drug-likeness (QED) is 0.135. The third-order valence-corrected chi connectivity index (χ3v) is 7.99. The first kappa shape index (κ1) is 31.0. The predicted octanol–water partition coefficient (Wildman–Crippen LogP) is 5.94. The maximum absolute atomic E-state index is 13.8. The number of carboxylic acid groups (broad SMARTS) is 2. The molecule has 1 saturated heterocycles. The molecule has 0 atom stereocenters. The molecule has 1 aliphatic heterocycles. The molecule has 2 N–H and O–H groups in total. The first-order valence-corrected chi connectivity index (χ1v) is 14.5. The maximum atomic E-state index is 13.8. The minimum Gasteiger partial charge on any atom is -0.492 e.